The van der Waals surface area contributed by atoms with Gasteiger partial charge in [-0.05, 0) is 208 Å². The number of hydrogen-bond donors (Lipinski definition) is 1. The molecule has 0 radical (unpaired) electrons. The van der Waals surface area contributed by atoms with Crippen LogP contribution in [0.5, 0.6) is 0 Å². The van der Waals surface area contributed by atoms with Gasteiger partial charge in [-0.25, -0.2) is 23.9 Å². The zero-order valence-electron chi connectivity index (χ0n) is 64.6. The van der Waals surface area contributed by atoms with E-state index in [9.17, 15) is 24.4 Å². The zero-order chi connectivity index (χ0) is 78.3. The van der Waals surface area contributed by atoms with E-state index in [2.05, 4.69) is 88.9 Å². The normalized spacial score (nSPS) is 16.7. The Morgan fingerprint density at radius 3 is 1.12 bits per heavy atom. The van der Waals surface area contributed by atoms with E-state index < -0.39 is 38.6 Å². The van der Waals surface area contributed by atoms with Gasteiger partial charge in [0.15, 0.2) is 17.5 Å². The van der Waals surface area contributed by atoms with E-state index in [0.717, 1.165) is 52.0 Å². The fourth-order valence-electron chi connectivity index (χ4n) is 14.0. The van der Waals surface area contributed by atoms with Crippen LogP contribution >= 0.6 is 23.2 Å². The first-order valence-electron chi connectivity index (χ1n) is 37.1. The van der Waals surface area contributed by atoms with Gasteiger partial charge in [-0.2, -0.15) is 15.3 Å². The molecule has 4 aliphatic heterocycles. The lowest BCUT2D eigenvalue weighted by Gasteiger charge is -2.41. The summed E-state index contributed by atoms with van der Waals surface area (Å²) < 4.78 is 23.9. The summed E-state index contributed by atoms with van der Waals surface area (Å²) >= 11 is 12.0. The lowest BCUT2D eigenvalue weighted by Crippen LogP contribution is -2.48. The monoisotopic (exact) mass is 1520 g/mol. The summed E-state index contributed by atoms with van der Waals surface area (Å²) in [4.78, 5) is 58.2. The van der Waals surface area contributed by atoms with Crippen molar-refractivity contribution in [3.63, 3.8) is 0 Å². The topological polar surface area (TPSA) is 284 Å². The molecular weight excluding hydrogens is 1420 g/mol. The minimum atomic E-state index is -0.520. The van der Waals surface area contributed by atoms with Crippen molar-refractivity contribution in [1.82, 2.24) is 80.6 Å². The van der Waals surface area contributed by atoms with Gasteiger partial charge >= 0.3 is 24.4 Å². The first kappa shape index (κ1) is 81.2. The molecule has 109 heavy (non-hydrogen) atoms. The van der Waals surface area contributed by atoms with Gasteiger partial charge in [0.1, 0.15) is 22.4 Å². The van der Waals surface area contributed by atoms with E-state index in [0.29, 0.717) is 126 Å². The summed E-state index contributed by atoms with van der Waals surface area (Å²) in [5.74, 6) is 2.17. The minimum absolute atomic E-state index is 0.266. The molecule has 0 unspecified atom stereocenters. The average molecular weight is 1520 g/mol. The van der Waals surface area contributed by atoms with Gasteiger partial charge in [-0.1, -0.05) is 174 Å². The number of aromatic amines is 1. The standard InChI is InChI=1S/2C24H28ClN5O2.C17H23N5O2.C17H22N2O2/c1-23(2,3)32-22(31)29-15-13-24(14-16-29,19-7-5-4-6-8-19)21-26-27-28-30(21)17-18-9-11-20(25)12-10-18;1-23(2,3)32-22(31)29-15-13-24(14-16-29,19-7-5-4-6-8-19)21-26-28-30(27-21)17-18-9-11-20(25)12-10-18;1-16(2,3)24-15(23)22-11-9-17(10-12-22,14-18-20-21-19-14)13-7-5-4-6-8-13;1-16(2,3)21-15(20)19-11-9-17(13-18,10-12-19)14-7-5-4-6-8-14/h2*4-12H,13-17H2,1-3H3;4-8H,9-12H2,1-3H3,(H,18,19,20,21);4-8H,9-12H2,1-3H3. The number of hydrogen-bond acceptors (Lipinski definition) is 18. The van der Waals surface area contributed by atoms with Crippen molar-refractivity contribution in [3.05, 3.63) is 231 Å². The number of nitrogens with zero attached hydrogens (tertiary/aromatic N) is 16. The molecule has 0 spiro atoms. The third-order valence-corrected chi connectivity index (χ3v) is 20.2. The maximum absolute atomic E-state index is 12.6. The molecule has 3 aromatic heterocycles. The van der Waals surface area contributed by atoms with E-state index in [1.165, 1.54) is 0 Å². The second-order valence-electron chi connectivity index (χ2n) is 32.1. The second kappa shape index (κ2) is 34.9. The van der Waals surface area contributed by atoms with E-state index in [4.69, 9.17) is 47.2 Å². The fourth-order valence-corrected chi connectivity index (χ4v) is 14.3. The van der Waals surface area contributed by atoms with Crippen molar-refractivity contribution < 1.29 is 38.1 Å². The number of aromatic nitrogens is 12. The van der Waals surface area contributed by atoms with Crippen LogP contribution in [0.2, 0.25) is 10.0 Å². The molecule has 1 N–H and O–H groups in total. The number of piperidine rings is 4. The summed E-state index contributed by atoms with van der Waals surface area (Å²) in [6.07, 6.45) is 4.45. The van der Waals surface area contributed by atoms with Crippen molar-refractivity contribution in [3.8, 4) is 6.07 Å². The van der Waals surface area contributed by atoms with Crippen molar-refractivity contribution in [2.24, 2.45) is 0 Å². The predicted molar refractivity (Wildman–Crippen MR) is 414 cm³/mol. The Morgan fingerprint density at radius 1 is 0.422 bits per heavy atom. The SMILES string of the molecule is CC(C)(C)OC(=O)N1CCC(C#N)(c2ccccc2)CC1.CC(C)(C)OC(=O)N1CCC(c2ccccc2)(c2nn[nH]n2)CC1.CC(C)(C)OC(=O)N1CCC(c2ccccc2)(c2nnn(Cc3ccc(Cl)cc3)n2)CC1.CC(C)(C)OC(=O)N1CCC(c2ccccc2)(c2nnnn2Cc2ccc(Cl)cc2)CC1. The molecule has 0 bridgehead atoms. The van der Waals surface area contributed by atoms with Crippen LogP contribution in [0.3, 0.4) is 0 Å². The fraction of sp³-hybridized carbons (Fsp3) is 0.463. The molecule has 13 rings (SSSR count). The van der Waals surface area contributed by atoms with Crippen LogP contribution in [0.25, 0.3) is 0 Å². The van der Waals surface area contributed by atoms with Gasteiger partial charge in [-0.15, -0.1) is 25.5 Å². The van der Waals surface area contributed by atoms with E-state index in [1.807, 2.05) is 221 Å². The number of amides is 4. The summed E-state index contributed by atoms with van der Waals surface area (Å²) in [5.41, 5.74) is 2.96. The Hall–Kier alpha value is -10.3. The Labute approximate surface area is 648 Å². The first-order chi connectivity index (χ1) is 51.8. The number of H-pyrrole nitrogens is 1. The Bertz CT molecular complexity index is 4430. The van der Waals surface area contributed by atoms with Crippen molar-refractivity contribution >= 4 is 47.6 Å². The van der Waals surface area contributed by atoms with E-state index in [-0.39, 0.29) is 29.8 Å². The third kappa shape index (κ3) is 21.3. The van der Waals surface area contributed by atoms with E-state index in [1.54, 1.807) is 24.4 Å². The van der Waals surface area contributed by atoms with Crippen LogP contribution in [0.1, 0.15) is 185 Å². The number of carbonyl (C=O) groups is 4. The van der Waals surface area contributed by atoms with Crippen LogP contribution < -0.4 is 0 Å². The highest BCUT2D eigenvalue weighted by Crippen LogP contribution is 2.44. The lowest BCUT2D eigenvalue weighted by atomic mass is 9.72. The van der Waals surface area contributed by atoms with Gasteiger partial charge in [0.05, 0.1) is 40.8 Å². The highest BCUT2D eigenvalue weighted by Gasteiger charge is 2.47. The summed E-state index contributed by atoms with van der Waals surface area (Å²) in [5, 5.41) is 52.1. The van der Waals surface area contributed by atoms with Gasteiger partial charge in [0.2, 0.25) is 0 Å². The molecule has 6 aromatic carbocycles. The van der Waals surface area contributed by atoms with E-state index >= 15 is 0 Å². The molecule has 0 aliphatic carbocycles. The minimum Gasteiger partial charge on any atom is -0.444 e. The number of nitrogens with one attached hydrogen (secondary N) is 1. The van der Waals surface area contributed by atoms with Gasteiger partial charge in [0, 0.05) is 62.4 Å². The molecule has 576 valence electrons. The third-order valence-electron chi connectivity index (χ3n) is 19.7. The molecule has 0 saturated carbocycles. The molecule has 27 heteroatoms. The Balaban J connectivity index is 0.000000157. The van der Waals surface area contributed by atoms with Crippen molar-refractivity contribution in [2.45, 2.75) is 192 Å². The highest BCUT2D eigenvalue weighted by molar-refractivity contribution is 6.30. The highest BCUT2D eigenvalue weighted by atomic mass is 35.5. The molecule has 9 aromatic rings. The predicted octanol–water partition coefficient (Wildman–Crippen LogP) is 15.4. The molecule has 25 nitrogen and oxygen atoms in total. The molecule has 7 heterocycles. The van der Waals surface area contributed by atoms with Crippen LogP contribution in [0.15, 0.2) is 170 Å². The van der Waals surface area contributed by atoms with Gasteiger partial charge in [0.25, 0.3) is 0 Å². The number of tetrazole rings is 3. The van der Waals surface area contributed by atoms with Gasteiger partial charge < -0.3 is 38.5 Å². The maximum Gasteiger partial charge on any atom is 0.410 e. The second-order valence-corrected chi connectivity index (χ2v) is 32.9. The van der Waals surface area contributed by atoms with Crippen LogP contribution in [-0.2, 0) is 53.7 Å². The molecule has 4 saturated heterocycles. The van der Waals surface area contributed by atoms with Gasteiger partial charge in [-0.3, -0.25) is 0 Å². The quantitative estimate of drug-likeness (QED) is 0.118. The molecule has 4 fully saturated rings. The zero-order valence-corrected chi connectivity index (χ0v) is 66.1. The molecule has 0 atom stereocenters. The molecule has 4 amide bonds. The number of carbonyl (C=O) groups excluding carboxylic acids is 4. The van der Waals surface area contributed by atoms with Crippen LogP contribution in [0.4, 0.5) is 19.2 Å². The summed E-state index contributed by atoms with van der Waals surface area (Å²) in [6.45, 7) is 28.1. The van der Waals surface area contributed by atoms with Crippen molar-refractivity contribution in [2.75, 3.05) is 52.4 Å². The van der Waals surface area contributed by atoms with Crippen LogP contribution in [-0.4, -0.2) is 180 Å². The average Bonchev–Trinajstić information content (AvgIpc) is 1.73. The number of nitriles is 1. The number of halogens is 2. The van der Waals surface area contributed by atoms with Crippen LogP contribution in [0, 0.1) is 11.3 Å². The number of ether oxygens (including phenoxy) is 4. The largest absolute Gasteiger partial charge is 0.444 e. The number of rotatable bonds is 11. The smallest absolute Gasteiger partial charge is 0.410 e. The Morgan fingerprint density at radius 2 is 0.761 bits per heavy atom. The lowest BCUT2D eigenvalue weighted by molar-refractivity contribution is 0.0165. The maximum atomic E-state index is 12.6. The molecule has 4 aliphatic rings. The number of benzene rings is 6. The number of likely N-dealkylation sites (tertiary alicyclic amines) is 4. The molecular formula is C82H101Cl2N17O8. The summed E-state index contributed by atoms with van der Waals surface area (Å²) in [6, 6.07) is 58.3. The summed E-state index contributed by atoms with van der Waals surface area (Å²) in [7, 11) is 0. The Kier molecular flexibility index (Phi) is 26.0. The first-order valence-corrected chi connectivity index (χ1v) is 37.9. The van der Waals surface area contributed by atoms with Crippen molar-refractivity contribution in [1.29, 1.82) is 5.26 Å².